The van der Waals surface area contributed by atoms with Crippen LogP contribution in [0, 0.1) is 6.92 Å². The second kappa shape index (κ2) is 7.37. The average molecular weight is 398 g/mol. The van der Waals surface area contributed by atoms with E-state index in [4.69, 9.17) is 9.84 Å². The summed E-state index contributed by atoms with van der Waals surface area (Å²) in [6.45, 7) is 0.895. The van der Waals surface area contributed by atoms with Crippen molar-refractivity contribution in [2.75, 3.05) is 29.6 Å². The Morgan fingerprint density at radius 2 is 2.04 bits per heavy atom. The molecule has 8 nitrogen and oxygen atoms in total. The topological polar surface area (TPSA) is 113 Å². The molecule has 1 aromatic rings. The Hall–Kier alpha value is -1.91. The zero-order chi connectivity index (χ0) is 18.9. The number of para-hydroxylation sites is 1. The molecule has 2 saturated heterocycles. The summed E-state index contributed by atoms with van der Waals surface area (Å²) in [6.07, 6.45) is 0. The van der Waals surface area contributed by atoms with Crippen molar-refractivity contribution in [1.82, 2.24) is 0 Å². The summed E-state index contributed by atoms with van der Waals surface area (Å²) in [5.74, 6) is -1.70. The minimum Gasteiger partial charge on any atom is -0.480 e. The maximum Gasteiger partial charge on any atom is 0.329 e. The monoisotopic (exact) mass is 398 g/mol. The number of carbonyl (C=O) groups excluding carboxylic acids is 1. The Kier molecular flexibility index (Phi) is 5.35. The van der Waals surface area contributed by atoms with Crippen molar-refractivity contribution >= 4 is 44.3 Å². The summed E-state index contributed by atoms with van der Waals surface area (Å²) in [6, 6.07) is 7.22. The van der Waals surface area contributed by atoms with E-state index in [2.05, 4.69) is 4.99 Å². The van der Waals surface area contributed by atoms with Gasteiger partial charge in [0.15, 0.2) is 15.0 Å². The molecule has 0 spiro atoms. The molecule has 0 aromatic heterocycles. The van der Waals surface area contributed by atoms with Crippen LogP contribution in [0.4, 0.5) is 5.69 Å². The number of carboxylic acid groups (broad SMARTS) is 1. The fourth-order valence-corrected chi connectivity index (χ4v) is 6.97. The number of ether oxygens (including phenoxy) is 1. The highest BCUT2D eigenvalue weighted by Gasteiger charge is 2.49. The molecule has 2 unspecified atom stereocenters. The van der Waals surface area contributed by atoms with Crippen LogP contribution in [-0.4, -0.2) is 66.6 Å². The van der Waals surface area contributed by atoms with Gasteiger partial charge in [-0.2, -0.15) is 4.99 Å². The van der Waals surface area contributed by atoms with Gasteiger partial charge in [-0.3, -0.25) is 4.79 Å². The van der Waals surface area contributed by atoms with Gasteiger partial charge in [-0.05, 0) is 18.6 Å². The molecule has 0 radical (unpaired) electrons. The minimum atomic E-state index is -3.13. The van der Waals surface area contributed by atoms with Crippen LogP contribution in [-0.2, 0) is 24.2 Å². The molecule has 1 aromatic carbocycles. The molecule has 1 amide bonds. The first kappa shape index (κ1) is 18.9. The number of benzene rings is 1. The smallest absolute Gasteiger partial charge is 0.329 e. The summed E-state index contributed by atoms with van der Waals surface area (Å²) in [5.41, 5.74) is 1.75. The number of amidine groups is 1. The molecule has 0 saturated carbocycles. The zero-order valence-electron chi connectivity index (χ0n) is 14.0. The van der Waals surface area contributed by atoms with Crippen molar-refractivity contribution in [2.24, 2.45) is 4.99 Å². The lowest BCUT2D eigenvalue weighted by Crippen LogP contribution is -2.38. The predicted molar refractivity (Wildman–Crippen MR) is 98.4 cm³/mol. The lowest BCUT2D eigenvalue weighted by atomic mass is 10.1. The fourth-order valence-electron chi connectivity index (χ4n) is 3.04. The van der Waals surface area contributed by atoms with Gasteiger partial charge in [-0.15, -0.1) is 0 Å². The number of hydrogen-bond donors (Lipinski definition) is 1. The second-order valence-electron chi connectivity index (χ2n) is 6.13. The fraction of sp³-hybridized carbons (Fsp3) is 0.438. The van der Waals surface area contributed by atoms with E-state index in [0.717, 1.165) is 11.3 Å². The number of aliphatic imine (C=N–C) groups is 1. The normalized spacial score (nSPS) is 25.4. The predicted octanol–water partition coefficient (Wildman–Crippen LogP) is 0.698. The summed E-state index contributed by atoms with van der Waals surface area (Å²) in [4.78, 5) is 28.3. The molecule has 2 atom stereocenters. The van der Waals surface area contributed by atoms with E-state index >= 15 is 0 Å². The maximum atomic E-state index is 12.0. The molecule has 10 heteroatoms. The lowest BCUT2D eigenvalue weighted by Gasteiger charge is -2.26. The van der Waals surface area contributed by atoms with Crippen LogP contribution in [0.2, 0.25) is 0 Å². The van der Waals surface area contributed by atoms with Gasteiger partial charge >= 0.3 is 5.97 Å². The highest BCUT2D eigenvalue weighted by atomic mass is 32.2. The number of aliphatic carboxylic acids is 1. The number of carboxylic acids is 1. The number of nitrogens with zero attached hydrogens (tertiary/aromatic N) is 2. The first-order chi connectivity index (χ1) is 12.3. The van der Waals surface area contributed by atoms with E-state index in [-0.39, 0.29) is 22.8 Å². The SMILES string of the molecule is Cc1ccccc1N1C(=NC(=O)COCC(=O)O)SC2CS(=O)(=O)CC21. The van der Waals surface area contributed by atoms with Crippen molar-refractivity contribution in [1.29, 1.82) is 0 Å². The van der Waals surface area contributed by atoms with Crippen LogP contribution in [0.15, 0.2) is 29.3 Å². The van der Waals surface area contributed by atoms with Crippen molar-refractivity contribution in [2.45, 2.75) is 18.2 Å². The third kappa shape index (κ3) is 4.08. The molecule has 2 heterocycles. The van der Waals surface area contributed by atoms with E-state index < -0.39 is 34.9 Å². The van der Waals surface area contributed by atoms with Crippen LogP contribution >= 0.6 is 11.8 Å². The maximum absolute atomic E-state index is 12.0. The van der Waals surface area contributed by atoms with Crippen LogP contribution in [0.1, 0.15) is 5.56 Å². The van der Waals surface area contributed by atoms with E-state index in [9.17, 15) is 18.0 Å². The molecule has 0 aliphatic carbocycles. The van der Waals surface area contributed by atoms with Crippen LogP contribution in [0.3, 0.4) is 0 Å². The number of fused-ring (bicyclic) bond motifs is 1. The number of amides is 1. The van der Waals surface area contributed by atoms with Crippen LogP contribution < -0.4 is 4.90 Å². The number of hydrogen-bond acceptors (Lipinski definition) is 6. The molecular weight excluding hydrogens is 380 g/mol. The molecule has 2 aliphatic heterocycles. The average Bonchev–Trinajstić information content (AvgIpc) is 2.98. The van der Waals surface area contributed by atoms with Gasteiger partial charge in [-0.25, -0.2) is 13.2 Å². The summed E-state index contributed by atoms with van der Waals surface area (Å²) >= 11 is 1.27. The Bertz CT molecular complexity index is 867. The Morgan fingerprint density at radius 3 is 2.73 bits per heavy atom. The van der Waals surface area contributed by atoms with Crippen LogP contribution in [0.5, 0.6) is 0 Å². The molecular formula is C16H18N2O6S2. The second-order valence-corrected chi connectivity index (χ2v) is 9.49. The first-order valence-corrected chi connectivity index (χ1v) is 10.6. The van der Waals surface area contributed by atoms with Crippen molar-refractivity contribution in [3.05, 3.63) is 29.8 Å². The molecule has 2 aliphatic rings. The van der Waals surface area contributed by atoms with E-state index in [1.807, 2.05) is 36.1 Å². The van der Waals surface area contributed by atoms with Crippen LogP contribution in [0.25, 0.3) is 0 Å². The van der Waals surface area contributed by atoms with Crippen molar-refractivity contribution in [3.63, 3.8) is 0 Å². The van der Waals surface area contributed by atoms with Gasteiger partial charge < -0.3 is 14.7 Å². The van der Waals surface area contributed by atoms with Gasteiger partial charge in [-0.1, -0.05) is 30.0 Å². The summed E-state index contributed by atoms with van der Waals surface area (Å²) in [5, 5.41) is 8.78. The van der Waals surface area contributed by atoms with Crippen molar-refractivity contribution in [3.8, 4) is 0 Å². The minimum absolute atomic E-state index is 0.0156. The number of anilines is 1. The Labute approximate surface area is 155 Å². The number of aryl methyl sites for hydroxylation is 1. The number of sulfone groups is 1. The Morgan fingerprint density at radius 1 is 1.31 bits per heavy atom. The Balaban J connectivity index is 1.87. The molecule has 3 rings (SSSR count). The largest absolute Gasteiger partial charge is 0.480 e. The quantitative estimate of drug-likeness (QED) is 0.771. The van der Waals surface area contributed by atoms with E-state index in [0.29, 0.717) is 5.17 Å². The number of carbonyl (C=O) groups is 2. The number of thioether (sulfide) groups is 1. The number of rotatable bonds is 5. The van der Waals surface area contributed by atoms with E-state index in [1.54, 1.807) is 0 Å². The molecule has 1 N–H and O–H groups in total. The third-order valence-electron chi connectivity index (χ3n) is 4.11. The molecule has 0 bridgehead atoms. The van der Waals surface area contributed by atoms with Gasteiger partial charge in [0.25, 0.3) is 5.91 Å². The van der Waals surface area contributed by atoms with E-state index in [1.165, 1.54) is 11.8 Å². The first-order valence-electron chi connectivity index (χ1n) is 7.90. The van der Waals surface area contributed by atoms with Crippen molar-refractivity contribution < 1.29 is 27.9 Å². The standard InChI is InChI=1S/C16H18N2O6S2/c1-10-4-2-3-5-11(10)18-12-8-26(22,23)9-13(12)25-16(18)17-14(19)6-24-7-15(20)21/h2-5,12-13H,6-9H2,1H3,(H,20,21). The zero-order valence-corrected chi connectivity index (χ0v) is 15.6. The highest BCUT2D eigenvalue weighted by molar-refractivity contribution is 8.16. The summed E-state index contributed by atoms with van der Waals surface area (Å²) in [7, 11) is -3.13. The summed E-state index contributed by atoms with van der Waals surface area (Å²) < 4.78 is 28.8. The molecule has 2 fully saturated rings. The lowest BCUT2D eigenvalue weighted by molar-refractivity contribution is -0.143. The highest BCUT2D eigenvalue weighted by Crippen LogP contribution is 2.41. The van der Waals surface area contributed by atoms with Gasteiger partial charge in [0.05, 0.1) is 17.5 Å². The molecule has 26 heavy (non-hydrogen) atoms. The van der Waals surface area contributed by atoms with Gasteiger partial charge in [0.1, 0.15) is 13.2 Å². The molecule has 140 valence electrons. The third-order valence-corrected chi connectivity index (χ3v) is 7.32. The van der Waals surface area contributed by atoms with Gasteiger partial charge in [0.2, 0.25) is 0 Å². The van der Waals surface area contributed by atoms with Gasteiger partial charge in [0, 0.05) is 10.9 Å².